The van der Waals surface area contributed by atoms with Crippen LogP contribution in [0.25, 0.3) is 0 Å². The summed E-state index contributed by atoms with van der Waals surface area (Å²) in [5, 5.41) is 8.10. The van der Waals surface area contributed by atoms with Gasteiger partial charge in [0.05, 0.1) is 13.7 Å². The van der Waals surface area contributed by atoms with E-state index in [0.29, 0.717) is 6.54 Å². The van der Waals surface area contributed by atoms with Crippen molar-refractivity contribution in [2.75, 3.05) is 25.1 Å². The van der Waals surface area contributed by atoms with Gasteiger partial charge in [0, 0.05) is 25.5 Å². The Morgan fingerprint density at radius 2 is 2.05 bits per heavy atom. The van der Waals surface area contributed by atoms with Gasteiger partial charge in [-0.1, -0.05) is 5.21 Å². The number of methoxy groups -OCH3 is 1. The summed E-state index contributed by atoms with van der Waals surface area (Å²) in [5.41, 5.74) is 7.69. The molecule has 0 saturated carbocycles. The highest BCUT2D eigenvalue weighted by molar-refractivity contribution is 5.49. The lowest BCUT2D eigenvalue weighted by atomic mass is 10.2. The van der Waals surface area contributed by atoms with Crippen LogP contribution in [0.2, 0.25) is 0 Å². The number of benzene rings is 1. The van der Waals surface area contributed by atoms with E-state index in [2.05, 4.69) is 15.2 Å². The van der Waals surface area contributed by atoms with Gasteiger partial charge in [-0.15, -0.1) is 5.10 Å². The Hall–Kier alpha value is -2.08. The molecule has 0 amide bonds. The van der Waals surface area contributed by atoms with Gasteiger partial charge in [-0.2, -0.15) is 0 Å². The molecule has 0 aliphatic carbocycles. The zero-order chi connectivity index (χ0) is 14.4. The van der Waals surface area contributed by atoms with Crippen molar-refractivity contribution in [1.29, 1.82) is 0 Å². The second-order valence-electron chi connectivity index (χ2n) is 4.65. The standard InChI is InChI=1S/C14H21N5O/c1-18-10-12(16-17-18)11-19(9-3-8-15)13-4-6-14(20-2)7-5-13/h4-7,10H,3,8-9,11,15H2,1-2H3. The molecule has 1 heterocycles. The first-order valence-corrected chi connectivity index (χ1v) is 6.67. The zero-order valence-corrected chi connectivity index (χ0v) is 12.0. The first-order chi connectivity index (χ1) is 9.72. The number of nitrogens with zero attached hydrogens (tertiary/aromatic N) is 4. The van der Waals surface area contributed by atoms with Crippen molar-refractivity contribution in [1.82, 2.24) is 15.0 Å². The van der Waals surface area contributed by atoms with Crippen molar-refractivity contribution in [3.05, 3.63) is 36.2 Å². The smallest absolute Gasteiger partial charge is 0.119 e. The Morgan fingerprint density at radius 1 is 1.30 bits per heavy atom. The van der Waals surface area contributed by atoms with Crippen LogP contribution >= 0.6 is 0 Å². The third kappa shape index (κ3) is 3.71. The molecule has 0 saturated heterocycles. The molecule has 0 radical (unpaired) electrons. The predicted molar refractivity (Wildman–Crippen MR) is 78.7 cm³/mol. The predicted octanol–water partition coefficient (Wildman–Crippen LogP) is 1.18. The van der Waals surface area contributed by atoms with Crippen LogP contribution in [0.1, 0.15) is 12.1 Å². The van der Waals surface area contributed by atoms with Crippen LogP contribution in [-0.2, 0) is 13.6 Å². The summed E-state index contributed by atoms with van der Waals surface area (Å²) < 4.78 is 6.90. The molecule has 20 heavy (non-hydrogen) atoms. The van der Waals surface area contributed by atoms with E-state index in [4.69, 9.17) is 10.5 Å². The van der Waals surface area contributed by atoms with E-state index < -0.39 is 0 Å². The molecule has 0 aliphatic rings. The van der Waals surface area contributed by atoms with E-state index in [1.165, 1.54) is 0 Å². The van der Waals surface area contributed by atoms with Crippen LogP contribution < -0.4 is 15.4 Å². The molecule has 0 atom stereocenters. The Bertz CT molecular complexity index is 523. The minimum Gasteiger partial charge on any atom is -0.497 e. The lowest BCUT2D eigenvalue weighted by Crippen LogP contribution is -2.25. The molecule has 1 aromatic carbocycles. The summed E-state index contributed by atoms with van der Waals surface area (Å²) >= 11 is 0. The van der Waals surface area contributed by atoms with Crippen molar-refractivity contribution in [2.24, 2.45) is 12.8 Å². The molecule has 2 N–H and O–H groups in total. The third-order valence-electron chi connectivity index (χ3n) is 3.07. The van der Waals surface area contributed by atoms with Gasteiger partial charge in [-0.3, -0.25) is 4.68 Å². The van der Waals surface area contributed by atoms with Gasteiger partial charge in [0.25, 0.3) is 0 Å². The number of ether oxygens (including phenoxy) is 1. The van der Waals surface area contributed by atoms with Crippen LogP contribution in [0.4, 0.5) is 5.69 Å². The van der Waals surface area contributed by atoms with Gasteiger partial charge in [0.15, 0.2) is 0 Å². The molecule has 6 heteroatoms. The molecule has 0 spiro atoms. The maximum atomic E-state index is 5.62. The Labute approximate surface area is 119 Å². The summed E-state index contributed by atoms with van der Waals surface area (Å²) in [6, 6.07) is 8.01. The average Bonchev–Trinajstić information content (AvgIpc) is 2.89. The second-order valence-corrected chi connectivity index (χ2v) is 4.65. The van der Waals surface area contributed by atoms with E-state index in [1.54, 1.807) is 11.8 Å². The fraction of sp³-hybridized carbons (Fsp3) is 0.429. The van der Waals surface area contributed by atoms with Gasteiger partial charge < -0.3 is 15.4 Å². The highest BCUT2D eigenvalue weighted by Gasteiger charge is 2.09. The summed E-state index contributed by atoms with van der Waals surface area (Å²) in [4.78, 5) is 2.25. The van der Waals surface area contributed by atoms with E-state index in [1.807, 2.05) is 37.5 Å². The van der Waals surface area contributed by atoms with Crippen LogP contribution in [0.5, 0.6) is 5.75 Å². The van der Waals surface area contributed by atoms with Crippen LogP contribution in [0, 0.1) is 0 Å². The van der Waals surface area contributed by atoms with E-state index in [-0.39, 0.29) is 0 Å². The maximum absolute atomic E-state index is 5.62. The number of hydrogen-bond donors (Lipinski definition) is 1. The first kappa shape index (κ1) is 14.3. The molecule has 1 aromatic heterocycles. The topological polar surface area (TPSA) is 69.2 Å². The van der Waals surface area contributed by atoms with Crippen molar-refractivity contribution in [3.8, 4) is 5.75 Å². The van der Waals surface area contributed by atoms with Gasteiger partial charge >= 0.3 is 0 Å². The molecular weight excluding hydrogens is 254 g/mol. The molecule has 0 bridgehead atoms. The molecule has 0 aliphatic heterocycles. The molecule has 6 nitrogen and oxygen atoms in total. The number of hydrogen-bond acceptors (Lipinski definition) is 5. The van der Waals surface area contributed by atoms with Gasteiger partial charge in [-0.05, 0) is 37.2 Å². The quantitative estimate of drug-likeness (QED) is 0.821. The van der Waals surface area contributed by atoms with E-state index >= 15 is 0 Å². The maximum Gasteiger partial charge on any atom is 0.119 e. The van der Waals surface area contributed by atoms with E-state index in [0.717, 1.165) is 36.6 Å². The molecule has 2 aromatic rings. The van der Waals surface area contributed by atoms with Gasteiger partial charge in [0.2, 0.25) is 0 Å². The summed E-state index contributed by atoms with van der Waals surface area (Å²) in [5.74, 6) is 0.854. The minimum absolute atomic E-state index is 0.674. The summed E-state index contributed by atoms with van der Waals surface area (Å²) in [7, 11) is 3.54. The number of nitrogens with two attached hydrogens (primary N) is 1. The molecular formula is C14H21N5O. The molecule has 0 unspecified atom stereocenters. The van der Waals surface area contributed by atoms with Crippen molar-refractivity contribution >= 4 is 5.69 Å². The van der Waals surface area contributed by atoms with Crippen LogP contribution in [0.15, 0.2) is 30.5 Å². The Kier molecular flexibility index (Phi) is 4.95. The SMILES string of the molecule is COc1ccc(N(CCCN)Cc2cn(C)nn2)cc1. The van der Waals surface area contributed by atoms with E-state index in [9.17, 15) is 0 Å². The van der Waals surface area contributed by atoms with Crippen LogP contribution in [-0.4, -0.2) is 35.2 Å². The highest BCUT2D eigenvalue weighted by Crippen LogP contribution is 2.20. The molecule has 108 valence electrons. The van der Waals surface area contributed by atoms with Gasteiger partial charge in [-0.25, -0.2) is 0 Å². The molecule has 0 fully saturated rings. The lowest BCUT2D eigenvalue weighted by Gasteiger charge is -2.23. The summed E-state index contributed by atoms with van der Waals surface area (Å²) in [6.45, 7) is 2.28. The minimum atomic E-state index is 0.674. The summed E-state index contributed by atoms with van der Waals surface area (Å²) in [6.07, 6.45) is 2.87. The number of anilines is 1. The fourth-order valence-electron chi connectivity index (χ4n) is 2.04. The molecule has 2 rings (SSSR count). The van der Waals surface area contributed by atoms with Crippen molar-refractivity contribution < 1.29 is 4.74 Å². The highest BCUT2D eigenvalue weighted by atomic mass is 16.5. The zero-order valence-electron chi connectivity index (χ0n) is 12.0. The number of rotatable bonds is 7. The van der Waals surface area contributed by atoms with Crippen LogP contribution in [0.3, 0.4) is 0 Å². The Morgan fingerprint density at radius 3 is 2.60 bits per heavy atom. The Balaban J connectivity index is 2.12. The number of aryl methyl sites for hydroxylation is 1. The second kappa shape index (κ2) is 6.91. The van der Waals surface area contributed by atoms with Gasteiger partial charge in [0.1, 0.15) is 11.4 Å². The van der Waals surface area contributed by atoms with Crippen molar-refractivity contribution in [2.45, 2.75) is 13.0 Å². The third-order valence-corrected chi connectivity index (χ3v) is 3.07. The first-order valence-electron chi connectivity index (χ1n) is 6.67. The van der Waals surface area contributed by atoms with Crippen molar-refractivity contribution in [3.63, 3.8) is 0 Å². The fourth-order valence-corrected chi connectivity index (χ4v) is 2.04. The largest absolute Gasteiger partial charge is 0.497 e. The monoisotopic (exact) mass is 275 g/mol. The lowest BCUT2D eigenvalue weighted by molar-refractivity contribution is 0.415. The number of aromatic nitrogens is 3. The average molecular weight is 275 g/mol. The normalized spacial score (nSPS) is 10.6.